The van der Waals surface area contributed by atoms with E-state index in [4.69, 9.17) is 4.74 Å². The van der Waals surface area contributed by atoms with Crippen molar-refractivity contribution < 1.29 is 18.3 Å². The van der Waals surface area contributed by atoms with Gasteiger partial charge in [-0.2, -0.15) is 0 Å². The lowest BCUT2D eigenvalue weighted by Crippen LogP contribution is -2.18. The minimum absolute atomic E-state index is 0.0280. The molecule has 0 aliphatic rings. The van der Waals surface area contributed by atoms with Crippen LogP contribution in [0.15, 0.2) is 42.5 Å². The lowest BCUT2D eigenvalue weighted by Gasteiger charge is -2.15. The maximum Gasteiger partial charge on any atom is 0.226 e. The summed E-state index contributed by atoms with van der Waals surface area (Å²) in [5, 5.41) is 5.34. The molecule has 0 aliphatic carbocycles. The second kappa shape index (κ2) is 8.29. The summed E-state index contributed by atoms with van der Waals surface area (Å²) >= 11 is 0. The molecule has 2 aromatic carbocycles. The molecule has 2 rings (SSSR count). The fraction of sp³-hybridized carbons (Fsp3) is 0.278. The summed E-state index contributed by atoms with van der Waals surface area (Å²) in [4.78, 5) is 11.9. The van der Waals surface area contributed by atoms with E-state index in [-0.39, 0.29) is 12.5 Å². The van der Waals surface area contributed by atoms with Gasteiger partial charge in [-0.05, 0) is 38.1 Å². The number of para-hydroxylation sites is 3. The summed E-state index contributed by atoms with van der Waals surface area (Å²) in [5.74, 6) is -1.39. The molecule has 0 fully saturated rings. The van der Waals surface area contributed by atoms with Crippen LogP contribution in [0.1, 0.15) is 20.3 Å². The Morgan fingerprint density at radius 2 is 1.75 bits per heavy atom. The average molecular weight is 334 g/mol. The van der Waals surface area contributed by atoms with Gasteiger partial charge in [0.2, 0.25) is 5.91 Å². The summed E-state index contributed by atoms with van der Waals surface area (Å²) in [6.07, 6.45) is 0.0873. The molecule has 0 bridgehead atoms. The number of amides is 1. The van der Waals surface area contributed by atoms with Gasteiger partial charge in [0, 0.05) is 13.0 Å². The Labute approximate surface area is 139 Å². The van der Waals surface area contributed by atoms with Crippen LogP contribution in [0, 0.1) is 11.6 Å². The summed E-state index contributed by atoms with van der Waals surface area (Å²) < 4.78 is 32.6. The van der Waals surface area contributed by atoms with E-state index < -0.39 is 23.2 Å². The van der Waals surface area contributed by atoms with Crippen LogP contribution in [0.4, 0.5) is 20.2 Å². The van der Waals surface area contributed by atoms with E-state index in [0.29, 0.717) is 12.3 Å². The molecule has 0 atom stereocenters. The summed E-state index contributed by atoms with van der Waals surface area (Å²) in [5.41, 5.74) is 0.335. The number of anilines is 2. The molecular formula is C18H20F2N2O2. The highest BCUT2D eigenvalue weighted by Gasteiger charge is 2.12. The maximum absolute atomic E-state index is 13.5. The number of nitrogens with one attached hydrogen (secondary N) is 2. The molecule has 24 heavy (non-hydrogen) atoms. The van der Waals surface area contributed by atoms with Crippen molar-refractivity contribution in [1.29, 1.82) is 0 Å². The fourth-order valence-electron chi connectivity index (χ4n) is 2.10. The molecule has 0 radical (unpaired) electrons. The van der Waals surface area contributed by atoms with Crippen molar-refractivity contribution in [2.45, 2.75) is 26.4 Å². The predicted octanol–water partition coefficient (Wildman–Crippen LogP) is 4.19. The zero-order chi connectivity index (χ0) is 17.5. The zero-order valence-electron chi connectivity index (χ0n) is 13.6. The first-order valence-electron chi connectivity index (χ1n) is 7.71. The van der Waals surface area contributed by atoms with Gasteiger partial charge >= 0.3 is 0 Å². The number of rotatable bonds is 7. The molecule has 0 spiro atoms. The molecule has 0 aromatic heterocycles. The highest BCUT2D eigenvalue weighted by atomic mass is 19.1. The van der Waals surface area contributed by atoms with Gasteiger partial charge in [0.1, 0.15) is 23.1 Å². The van der Waals surface area contributed by atoms with Crippen molar-refractivity contribution in [3.05, 3.63) is 54.1 Å². The molecule has 1 amide bonds. The Balaban J connectivity index is 1.89. The van der Waals surface area contributed by atoms with Crippen LogP contribution < -0.4 is 15.4 Å². The number of hydrogen-bond acceptors (Lipinski definition) is 3. The molecule has 0 heterocycles. The van der Waals surface area contributed by atoms with E-state index in [9.17, 15) is 13.6 Å². The molecule has 128 valence electrons. The first-order chi connectivity index (χ1) is 11.5. The Kier molecular flexibility index (Phi) is 6.12. The van der Waals surface area contributed by atoms with E-state index in [1.54, 1.807) is 0 Å². The average Bonchev–Trinajstić information content (AvgIpc) is 2.52. The second-order valence-electron chi connectivity index (χ2n) is 5.48. The number of carbonyl (C=O) groups excluding carboxylic acids is 1. The molecule has 2 N–H and O–H groups in total. The van der Waals surface area contributed by atoms with E-state index in [1.807, 2.05) is 38.1 Å². The van der Waals surface area contributed by atoms with Crippen LogP contribution in [0.3, 0.4) is 0 Å². The Morgan fingerprint density at radius 3 is 2.42 bits per heavy atom. The van der Waals surface area contributed by atoms with E-state index in [1.165, 1.54) is 6.07 Å². The van der Waals surface area contributed by atoms with Gasteiger partial charge in [-0.15, -0.1) is 0 Å². The molecule has 2 aromatic rings. The van der Waals surface area contributed by atoms with Crippen molar-refractivity contribution in [1.82, 2.24) is 0 Å². The molecule has 0 unspecified atom stereocenters. The van der Waals surface area contributed by atoms with E-state index in [0.717, 1.165) is 17.8 Å². The smallest absolute Gasteiger partial charge is 0.226 e. The first-order valence-corrected chi connectivity index (χ1v) is 7.71. The van der Waals surface area contributed by atoms with Crippen LogP contribution in [0.2, 0.25) is 0 Å². The number of benzene rings is 2. The molecule has 6 heteroatoms. The van der Waals surface area contributed by atoms with Crippen molar-refractivity contribution in [3.63, 3.8) is 0 Å². The molecule has 0 saturated carbocycles. The van der Waals surface area contributed by atoms with Gasteiger partial charge < -0.3 is 15.4 Å². The van der Waals surface area contributed by atoms with Crippen LogP contribution in [-0.4, -0.2) is 18.6 Å². The molecule has 0 saturated heterocycles. The van der Waals surface area contributed by atoms with Gasteiger partial charge in [-0.25, -0.2) is 8.78 Å². The number of hydrogen-bond donors (Lipinski definition) is 2. The highest BCUT2D eigenvalue weighted by molar-refractivity contribution is 5.91. The van der Waals surface area contributed by atoms with Gasteiger partial charge in [-0.1, -0.05) is 18.2 Å². The number of carbonyl (C=O) groups is 1. The van der Waals surface area contributed by atoms with Gasteiger partial charge in [0.05, 0.1) is 11.8 Å². The Bertz CT molecular complexity index is 685. The third-order valence-corrected chi connectivity index (χ3v) is 3.14. The monoisotopic (exact) mass is 334 g/mol. The lowest BCUT2D eigenvalue weighted by atomic mass is 10.2. The van der Waals surface area contributed by atoms with E-state index in [2.05, 4.69) is 10.6 Å². The molecule has 0 aliphatic heterocycles. The van der Waals surface area contributed by atoms with Crippen LogP contribution in [0.25, 0.3) is 0 Å². The molecule has 4 nitrogen and oxygen atoms in total. The largest absolute Gasteiger partial charge is 0.489 e. The second-order valence-corrected chi connectivity index (χ2v) is 5.48. The summed E-state index contributed by atoms with van der Waals surface area (Å²) in [6.45, 7) is 4.15. The predicted molar refractivity (Wildman–Crippen MR) is 90.3 cm³/mol. The third kappa shape index (κ3) is 4.94. The molecular weight excluding hydrogens is 314 g/mol. The van der Waals surface area contributed by atoms with Crippen LogP contribution in [-0.2, 0) is 4.79 Å². The third-order valence-electron chi connectivity index (χ3n) is 3.14. The highest BCUT2D eigenvalue weighted by Crippen LogP contribution is 2.24. The number of ether oxygens (including phenoxy) is 1. The maximum atomic E-state index is 13.5. The van der Waals surface area contributed by atoms with Crippen LogP contribution in [0.5, 0.6) is 5.75 Å². The van der Waals surface area contributed by atoms with E-state index >= 15 is 0 Å². The van der Waals surface area contributed by atoms with Gasteiger partial charge in [0.25, 0.3) is 0 Å². The minimum atomic E-state index is -0.799. The van der Waals surface area contributed by atoms with Crippen molar-refractivity contribution in [2.75, 3.05) is 17.2 Å². The van der Waals surface area contributed by atoms with Crippen molar-refractivity contribution in [2.24, 2.45) is 0 Å². The first kappa shape index (κ1) is 17.7. The Hall–Kier alpha value is -2.63. The zero-order valence-corrected chi connectivity index (χ0v) is 13.6. The van der Waals surface area contributed by atoms with Gasteiger partial charge in [0.15, 0.2) is 0 Å². The van der Waals surface area contributed by atoms with Gasteiger partial charge in [-0.3, -0.25) is 4.79 Å². The quantitative estimate of drug-likeness (QED) is 0.798. The van der Waals surface area contributed by atoms with Crippen molar-refractivity contribution in [3.8, 4) is 5.75 Å². The summed E-state index contributed by atoms with van der Waals surface area (Å²) in [7, 11) is 0. The van der Waals surface area contributed by atoms with Crippen LogP contribution >= 0.6 is 0 Å². The topological polar surface area (TPSA) is 50.4 Å². The minimum Gasteiger partial charge on any atom is -0.489 e. The number of halogens is 2. The normalized spacial score (nSPS) is 10.5. The Morgan fingerprint density at radius 1 is 1.08 bits per heavy atom. The standard InChI is InChI=1S/C18H20F2N2O2/c1-12(2)24-16-9-4-3-8-15(16)21-11-10-17(23)22-18-13(19)6-5-7-14(18)20/h3-9,12,21H,10-11H2,1-2H3,(H,22,23). The fourth-order valence-corrected chi connectivity index (χ4v) is 2.10. The summed E-state index contributed by atoms with van der Waals surface area (Å²) in [6, 6.07) is 10.8. The van der Waals surface area contributed by atoms with Crippen molar-refractivity contribution >= 4 is 17.3 Å². The SMILES string of the molecule is CC(C)Oc1ccccc1NCCC(=O)Nc1c(F)cccc1F. The lowest BCUT2D eigenvalue weighted by molar-refractivity contribution is -0.116.